The van der Waals surface area contributed by atoms with Gasteiger partial charge < -0.3 is 5.32 Å². The highest BCUT2D eigenvalue weighted by Crippen LogP contribution is 2.27. The van der Waals surface area contributed by atoms with Gasteiger partial charge in [-0.15, -0.1) is 11.8 Å². The van der Waals surface area contributed by atoms with Crippen molar-refractivity contribution < 1.29 is 0 Å². The highest BCUT2D eigenvalue weighted by Gasteiger charge is 2.11. The minimum Gasteiger partial charge on any atom is -0.308 e. The lowest BCUT2D eigenvalue weighted by Crippen LogP contribution is -2.35. The SMILES string of the molecule is CC(C)(C)NCc1cccnc1SCc1ccccc1Cl. The molecule has 4 heteroatoms. The van der Waals surface area contributed by atoms with E-state index in [1.165, 1.54) is 5.56 Å². The van der Waals surface area contributed by atoms with E-state index in [0.717, 1.165) is 27.9 Å². The van der Waals surface area contributed by atoms with Gasteiger partial charge in [-0.3, -0.25) is 0 Å². The fourth-order valence-electron chi connectivity index (χ4n) is 1.81. The minimum atomic E-state index is 0.0977. The first-order valence-corrected chi connectivity index (χ1v) is 8.37. The third-order valence-electron chi connectivity index (χ3n) is 2.98. The van der Waals surface area contributed by atoms with E-state index in [9.17, 15) is 0 Å². The topological polar surface area (TPSA) is 24.9 Å². The molecule has 0 bridgehead atoms. The van der Waals surface area contributed by atoms with Crippen molar-refractivity contribution in [1.82, 2.24) is 10.3 Å². The van der Waals surface area contributed by atoms with Gasteiger partial charge in [0.25, 0.3) is 0 Å². The molecule has 112 valence electrons. The van der Waals surface area contributed by atoms with Crippen LogP contribution in [0, 0.1) is 0 Å². The molecule has 1 aromatic carbocycles. The monoisotopic (exact) mass is 320 g/mol. The lowest BCUT2D eigenvalue weighted by Gasteiger charge is -2.21. The zero-order chi connectivity index (χ0) is 15.3. The molecule has 0 saturated carbocycles. The first kappa shape index (κ1) is 16.3. The van der Waals surface area contributed by atoms with Crippen LogP contribution in [-0.2, 0) is 12.3 Å². The largest absolute Gasteiger partial charge is 0.308 e. The molecule has 21 heavy (non-hydrogen) atoms. The summed E-state index contributed by atoms with van der Waals surface area (Å²) in [5, 5.41) is 5.39. The number of hydrogen-bond acceptors (Lipinski definition) is 3. The molecule has 0 unspecified atom stereocenters. The molecule has 2 aromatic rings. The van der Waals surface area contributed by atoms with E-state index in [4.69, 9.17) is 11.6 Å². The zero-order valence-electron chi connectivity index (χ0n) is 12.7. The molecule has 1 heterocycles. The van der Waals surface area contributed by atoms with E-state index in [0.29, 0.717) is 0 Å². The summed E-state index contributed by atoms with van der Waals surface area (Å²) in [7, 11) is 0. The van der Waals surface area contributed by atoms with Crippen molar-refractivity contribution in [2.24, 2.45) is 0 Å². The first-order chi connectivity index (χ1) is 9.96. The molecule has 2 rings (SSSR count). The second-order valence-corrected chi connectivity index (χ2v) is 7.32. The van der Waals surface area contributed by atoms with Gasteiger partial charge in [-0.2, -0.15) is 0 Å². The van der Waals surface area contributed by atoms with Crippen LogP contribution in [0.5, 0.6) is 0 Å². The van der Waals surface area contributed by atoms with Gasteiger partial charge in [0.1, 0.15) is 5.03 Å². The van der Waals surface area contributed by atoms with Gasteiger partial charge in [-0.05, 0) is 44.0 Å². The van der Waals surface area contributed by atoms with Crippen molar-refractivity contribution in [3.63, 3.8) is 0 Å². The van der Waals surface area contributed by atoms with Crippen molar-refractivity contribution in [2.45, 2.75) is 43.6 Å². The van der Waals surface area contributed by atoms with E-state index in [2.05, 4.69) is 43.2 Å². The number of pyridine rings is 1. The summed E-state index contributed by atoms with van der Waals surface area (Å²) in [5.74, 6) is 0.833. The van der Waals surface area contributed by atoms with Gasteiger partial charge in [-0.25, -0.2) is 4.98 Å². The maximum Gasteiger partial charge on any atom is 0.101 e. The molecule has 2 nitrogen and oxygen atoms in total. The van der Waals surface area contributed by atoms with Crippen LogP contribution in [0.1, 0.15) is 31.9 Å². The second kappa shape index (κ2) is 7.30. The Morgan fingerprint density at radius 2 is 1.81 bits per heavy atom. The standard InChI is InChI=1S/C17H21ClN2S/c1-17(2,3)20-11-13-8-6-10-19-16(13)21-12-14-7-4-5-9-15(14)18/h4-10,20H,11-12H2,1-3H3. The third kappa shape index (κ3) is 5.34. The maximum absolute atomic E-state index is 6.21. The van der Waals surface area contributed by atoms with Crippen LogP contribution >= 0.6 is 23.4 Å². The van der Waals surface area contributed by atoms with Crippen molar-refractivity contribution in [3.8, 4) is 0 Å². The quantitative estimate of drug-likeness (QED) is 0.792. The Morgan fingerprint density at radius 1 is 1.10 bits per heavy atom. The molecule has 0 aliphatic rings. The van der Waals surface area contributed by atoms with E-state index in [1.54, 1.807) is 11.8 Å². The number of nitrogens with zero attached hydrogens (tertiary/aromatic N) is 1. The number of rotatable bonds is 5. The van der Waals surface area contributed by atoms with Crippen molar-refractivity contribution >= 4 is 23.4 Å². The molecule has 1 N–H and O–H groups in total. The lowest BCUT2D eigenvalue weighted by molar-refractivity contribution is 0.422. The highest BCUT2D eigenvalue weighted by atomic mass is 35.5. The Morgan fingerprint density at radius 3 is 2.52 bits per heavy atom. The molecular weight excluding hydrogens is 300 g/mol. The Balaban J connectivity index is 2.05. The Bertz CT molecular complexity index is 593. The second-order valence-electron chi connectivity index (χ2n) is 5.95. The van der Waals surface area contributed by atoms with Gasteiger partial charge in [-0.1, -0.05) is 35.9 Å². The normalized spacial score (nSPS) is 11.6. The molecule has 0 aliphatic heterocycles. The first-order valence-electron chi connectivity index (χ1n) is 7.01. The number of hydrogen-bond donors (Lipinski definition) is 1. The Kier molecular flexibility index (Phi) is 5.68. The fourth-order valence-corrected chi connectivity index (χ4v) is 3.10. The van der Waals surface area contributed by atoms with E-state index >= 15 is 0 Å². The molecule has 0 aliphatic carbocycles. The average molecular weight is 321 g/mol. The van der Waals surface area contributed by atoms with Gasteiger partial charge in [0.05, 0.1) is 0 Å². The summed E-state index contributed by atoms with van der Waals surface area (Å²) in [4.78, 5) is 4.50. The summed E-state index contributed by atoms with van der Waals surface area (Å²) in [6, 6.07) is 12.1. The molecule has 0 spiro atoms. The molecule has 0 saturated heterocycles. The van der Waals surface area contributed by atoms with E-state index in [1.807, 2.05) is 30.5 Å². The molecule has 0 amide bonds. The van der Waals surface area contributed by atoms with Crippen LogP contribution in [0.15, 0.2) is 47.6 Å². The summed E-state index contributed by atoms with van der Waals surface area (Å²) >= 11 is 7.93. The van der Waals surface area contributed by atoms with Gasteiger partial charge in [0.15, 0.2) is 0 Å². The molecular formula is C17H21ClN2S. The number of aromatic nitrogens is 1. The van der Waals surface area contributed by atoms with Gasteiger partial charge in [0.2, 0.25) is 0 Å². The van der Waals surface area contributed by atoms with Crippen molar-refractivity contribution in [3.05, 3.63) is 58.7 Å². The summed E-state index contributed by atoms with van der Waals surface area (Å²) in [5.41, 5.74) is 2.47. The predicted octanol–water partition coefficient (Wildman–Crippen LogP) is 4.92. The van der Waals surface area contributed by atoms with Crippen LogP contribution in [-0.4, -0.2) is 10.5 Å². The predicted molar refractivity (Wildman–Crippen MR) is 91.8 cm³/mol. The average Bonchev–Trinajstić information content (AvgIpc) is 2.44. The third-order valence-corrected chi connectivity index (χ3v) is 4.45. The number of thioether (sulfide) groups is 1. The number of nitrogens with one attached hydrogen (secondary N) is 1. The molecule has 0 atom stereocenters. The number of halogens is 1. The number of benzene rings is 1. The van der Waals surface area contributed by atoms with Gasteiger partial charge in [0, 0.05) is 29.1 Å². The summed E-state index contributed by atoms with van der Waals surface area (Å²) in [6.07, 6.45) is 1.84. The van der Waals surface area contributed by atoms with Crippen molar-refractivity contribution in [2.75, 3.05) is 0 Å². The van der Waals surface area contributed by atoms with E-state index in [-0.39, 0.29) is 5.54 Å². The lowest BCUT2D eigenvalue weighted by atomic mass is 10.1. The molecule has 1 aromatic heterocycles. The Hall–Kier alpha value is -1.03. The summed E-state index contributed by atoms with van der Waals surface area (Å²) < 4.78 is 0. The molecule has 0 radical (unpaired) electrons. The fraction of sp³-hybridized carbons (Fsp3) is 0.353. The van der Waals surface area contributed by atoms with Crippen LogP contribution in [0.4, 0.5) is 0 Å². The van der Waals surface area contributed by atoms with Crippen molar-refractivity contribution in [1.29, 1.82) is 0 Å². The van der Waals surface area contributed by atoms with Crippen LogP contribution < -0.4 is 5.32 Å². The zero-order valence-corrected chi connectivity index (χ0v) is 14.3. The van der Waals surface area contributed by atoms with Gasteiger partial charge >= 0.3 is 0 Å². The van der Waals surface area contributed by atoms with E-state index < -0.39 is 0 Å². The minimum absolute atomic E-state index is 0.0977. The van der Waals surface area contributed by atoms with Crippen LogP contribution in [0.25, 0.3) is 0 Å². The molecule has 0 fully saturated rings. The van der Waals surface area contributed by atoms with Crippen LogP contribution in [0.3, 0.4) is 0 Å². The Labute approximate surface area is 136 Å². The smallest absolute Gasteiger partial charge is 0.101 e. The maximum atomic E-state index is 6.21. The highest BCUT2D eigenvalue weighted by molar-refractivity contribution is 7.98. The summed E-state index contributed by atoms with van der Waals surface area (Å²) in [6.45, 7) is 7.32. The van der Waals surface area contributed by atoms with Crippen LogP contribution in [0.2, 0.25) is 5.02 Å².